The van der Waals surface area contributed by atoms with Gasteiger partial charge in [0.1, 0.15) is 12.0 Å². The molecule has 0 aliphatic rings. The molecular formula is C9H8F2N4. The second kappa shape index (κ2) is 3.23. The first-order chi connectivity index (χ1) is 7.11. The number of hydrogen-bond acceptors (Lipinski definition) is 3. The number of rotatable bonds is 1. The molecule has 0 radical (unpaired) electrons. The molecule has 15 heavy (non-hydrogen) atoms. The standard InChI is InChI=1S/C9H8F2N4/c10-6-3-1-2-5(7(6)11)8-9(12)15(13)4-14-8/h1-4H,12-13H2. The molecule has 78 valence electrons. The van der Waals surface area contributed by atoms with E-state index in [0.29, 0.717) is 0 Å². The minimum absolute atomic E-state index is 0.00306. The fraction of sp³-hybridized carbons (Fsp3) is 0. The molecular weight excluding hydrogens is 202 g/mol. The highest BCUT2D eigenvalue weighted by Crippen LogP contribution is 2.26. The molecule has 0 spiro atoms. The molecule has 4 N–H and O–H groups in total. The minimum Gasteiger partial charge on any atom is -0.382 e. The molecule has 1 aromatic carbocycles. The lowest BCUT2D eigenvalue weighted by molar-refractivity contribution is 0.511. The van der Waals surface area contributed by atoms with Crippen molar-refractivity contribution in [2.24, 2.45) is 0 Å². The third-order valence-corrected chi connectivity index (χ3v) is 2.04. The molecule has 0 saturated carbocycles. The normalized spacial score (nSPS) is 10.5. The molecule has 1 heterocycles. The van der Waals surface area contributed by atoms with Gasteiger partial charge < -0.3 is 11.6 Å². The maximum absolute atomic E-state index is 13.4. The van der Waals surface area contributed by atoms with E-state index in [0.717, 1.165) is 10.7 Å². The van der Waals surface area contributed by atoms with E-state index in [1.54, 1.807) is 0 Å². The van der Waals surface area contributed by atoms with Crippen molar-refractivity contribution in [2.75, 3.05) is 11.6 Å². The predicted molar refractivity (Wildman–Crippen MR) is 52.1 cm³/mol. The number of halogens is 2. The largest absolute Gasteiger partial charge is 0.382 e. The van der Waals surface area contributed by atoms with Crippen LogP contribution in [0.4, 0.5) is 14.6 Å². The van der Waals surface area contributed by atoms with Crippen molar-refractivity contribution in [1.82, 2.24) is 9.66 Å². The Hall–Kier alpha value is -2.11. The number of hydrogen-bond donors (Lipinski definition) is 2. The van der Waals surface area contributed by atoms with Crippen molar-refractivity contribution < 1.29 is 8.78 Å². The highest BCUT2D eigenvalue weighted by molar-refractivity contribution is 5.70. The van der Waals surface area contributed by atoms with Crippen LogP contribution >= 0.6 is 0 Å². The van der Waals surface area contributed by atoms with E-state index >= 15 is 0 Å². The van der Waals surface area contributed by atoms with Crippen molar-refractivity contribution in [3.8, 4) is 11.3 Å². The first kappa shape index (κ1) is 9.45. The van der Waals surface area contributed by atoms with Gasteiger partial charge in [-0.1, -0.05) is 6.07 Å². The fourth-order valence-electron chi connectivity index (χ4n) is 1.26. The Morgan fingerprint density at radius 2 is 2.00 bits per heavy atom. The highest BCUT2D eigenvalue weighted by atomic mass is 19.2. The summed E-state index contributed by atoms with van der Waals surface area (Å²) in [6.07, 6.45) is 1.23. The molecule has 0 atom stereocenters. The Kier molecular flexibility index (Phi) is 2.03. The topological polar surface area (TPSA) is 69.9 Å². The van der Waals surface area contributed by atoms with Crippen LogP contribution in [-0.4, -0.2) is 9.66 Å². The smallest absolute Gasteiger partial charge is 0.168 e. The number of nitrogens with zero attached hydrogens (tertiary/aromatic N) is 2. The maximum atomic E-state index is 13.4. The molecule has 0 bridgehead atoms. The number of benzene rings is 1. The molecule has 1 aromatic heterocycles. The Morgan fingerprint density at radius 3 is 2.60 bits per heavy atom. The van der Waals surface area contributed by atoms with Gasteiger partial charge in [-0.05, 0) is 12.1 Å². The summed E-state index contributed by atoms with van der Waals surface area (Å²) in [5.74, 6) is 3.53. The number of nitrogens with two attached hydrogens (primary N) is 2. The van der Waals surface area contributed by atoms with E-state index in [9.17, 15) is 8.78 Å². The average molecular weight is 210 g/mol. The van der Waals surface area contributed by atoms with Gasteiger partial charge in [-0.3, -0.25) is 0 Å². The van der Waals surface area contributed by atoms with Gasteiger partial charge in [-0.2, -0.15) is 0 Å². The zero-order chi connectivity index (χ0) is 11.0. The van der Waals surface area contributed by atoms with E-state index in [2.05, 4.69) is 4.98 Å². The number of nitrogen functional groups attached to an aromatic ring is 2. The van der Waals surface area contributed by atoms with Crippen LogP contribution in [0.1, 0.15) is 0 Å². The summed E-state index contributed by atoms with van der Waals surface area (Å²) in [5.41, 5.74) is 5.67. The van der Waals surface area contributed by atoms with E-state index in [-0.39, 0.29) is 17.1 Å². The lowest BCUT2D eigenvalue weighted by Gasteiger charge is -2.02. The summed E-state index contributed by atoms with van der Waals surface area (Å²) >= 11 is 0. The molecule has 0 unspecified atom stereocenters. The molecule has 4 nitrogen and oxygen atoms in total. The molecule has 0 aliphatic carbocycles. The SMILES string of the molecule is Nc1c(-c2cccc(F)c2F)ncn1N. The van der Waals surface area contributed by atoms with E-state index < -0.39 is 11.6 Å². The summed E-state index contributed by atoms with van der Waals surface area (Å²) in [5, 5.41) is 0. The van der Waals surface area contributed by atoms with Gasteiger partial charge in [0.25, 0.3) is 0 Å². The van der Waals surface area contributed by atoms with Crippen LogP contribution in [0, 0.1) is 11.6 Å². The molecule has 2 aromatic rings. The zero-order valence-electron chi connectivity index (χ0n) is 7.61. The van der Waals surface area contributed by atoms with Gasteiger partial charge in [0.15, 0.2) is 17.5 Å². The quantitative estimate of drug-likeness (QED) is 0.693. The van der Waals surface area contributed by atoms with Gasteiger partial charge in [0.05, 0.1) is 0 Å². The lowest BCUT2D eigenvalue weighted by atomic mass is 10.1. The Bertz CT molecular complexity index is 507. The number of anilines is 1. The summed E-state index contributed by atoms with van der Waals surface area (Å²) in [4.78, 5) is 3.79. The number of imidazole rings is 1. The van der Waals surface area contributed by atoms with Crippen LogP contribution in [0.5, 0.6) is 0 Å². The molecule has 0 fully saturated rings. The van der Waals surface area contributed by atoms with Crippen molar-refractivity contribution in [2.45, 2.75) is 0 Å². The highest BCUT2D eigenvalue weighted by Gasteiger charge is 2.15. The Labute approximate surface area is 84.1 Å². The van der Waals surface area contributed by atoms with Crippen LogP contribution in [0.15, 0.2) is 24.5 Å². The van der Waals surface area contributed by atoms with Crippen LogP contribution in [-0.2, 0) is 0 Å². The van der Waals surface area contributed by atoms with Crippen LogP contribution in [0.3, 0.4) is 0 Å². The molecule has 2 rings (SSSR count). The van der Waals surface area contributed by atoms with Crippen LogP contribution in [0.2, 0.25) is 0 Å². The van der Waals surface area contributed by atoms with Crippen molar-refractivity contribution in [3.05, 3.63) is 36.2 Å². The fourth-order valence-corrected chi connectivity index (χ4v) is 1.26. The van der Waals surface area contributed by atoms with Crippen molar-refractivity contribution >= 4 is 5.82 Å². The second-order valence-corrected chi connectivity index (χ2v) is 2.99. The van der Waals surface area contributed by atoms with Gasteiger partial charge in [0, 0.05) is 5.56 Å². The summed E-state index contributed by atoms with van der Waals surface area (Å²) in [7, 11) is 0. The number of aromatic nitrogens is 2. The zero-order valence-corrected chi connectivity index (χ0v) is 7.61. The summed E-state index contributed by atoms with van der Waals surface area (Å²) < 4.78 is 27.3. The first-order valence-corrected chi connectivity index (χ1v) is 4.13. The summed E-state index contributed by atoms with van der Waals surface area (Å²) in [6, 6.07) is 3.79. The monoisotopic (exact) mass is 210 g/mol. The minimum atomic E-state index is -0.983. The third-order valence-electron chi connectivity index (χ3n) is 2.04. The van der Waals surface area contributed by atoms with Gasteiger partial charge in [-0.25, -0.2) is 18.4 Å². The van der Waals surface area contributed by atoms with E-state index in [4.69, 9.17) is 11.6 Å². The third kappa shape index (κ3) is 1.39. The van der Waals surface area contributed by atoms with Gasteiger partial charge >= 0.3 is 0 Å². The van der Waals surface area contributed by atoms with E-state index in [1.165, 1.54) is 18.5 Å². The summed E-state index contributed by atoms with van der Waals surface area (Å²) in [6.45, 7) is 0. The Morgan fingerprint density at radius 1 is 1.27 bits per heavy atom. The molecule has 6 heteroatoms. The first-order valence-electron chi connectivity index (χ1n) is 4.13. The molecule has 0 saturated heterocycles. The van der Waals surface area contributed by atoms with Crippen LogP contribution < -0.4 is 11.6 Å². The lowest BCUT2D eigenvalue weighted by Crippen LogP contribution is -2.10. The van der Waals surface area contributed by atoms with Crippen molar-refractivity contribution in [3.63, 3.8) is 0 Å². The van der Waals surface area contributed by atoms with Crippen molar-refractivity contribution in [1.29, 1.82) is 0 Å². The van der Waals surface area contributed by atoms with E-state index in [1.807, 2.05) is 0 Å². The maximum Gasteiger partial charge on any atom is 0.168 e. The van der Waals surface area contributed by atoms with Gasteiger partial charge in [-0.15, -0.1) is 0 Å². The Balaban J connectivity index is 2.64. The average Bonchev–Trinajstić information content (AvgIpc) is 2.53. The molecule has 0 amide bonds. The second-order valence-electron chi connectivity index (χ2n) is 2.99. The van der Waals surface area contributed by atoms with Crippen LogP contribution in [0.25, 0.3) is 11.3 Å². The van der Waals surface area contributed by atoms with Gasteiger partial charge in [0.2, 0.25) is 0 Å². The predicted octanol–water partition coefficient (Wildman–Crippen LogP) is 1.12. The molecule has 0 aliphatic heterocycles.